The predicted molar refractivity (Wildman–Crippen MR) is 243 cm³/mol. The maximum absolute atomic E-state index is 9.52. The van der Waals surface area contributed by atoms with E-state index in [0.717, 1.165) is 61.1 Å². The third-order valence-electron chi connectivity index (χ3n) is 11.0. The number of rotatable bonds is 8. The summed E-state index contributed by atoms with van der Waals surface area (Å²) in [6.45, 7) is 4.57. The summed E-state index contributed by atoms with van der Waals surface area (Å²) in [7, 11) is 0. The number of aliphatic imine (C=N–C) groups is 2. The third kappa shape index (κ3) is 7.06. The molecule has 278 valence electrons. The van der Waals surface area contributed by atoms with Gasteiger partial charge in [0.2, 0.25) is 0 Å². The normalized spacial score (nSPS) is 13.0. The van der Waals surface area contributed by atoms with Gasteiger partial charge in [0.1, 0.15) is 0 Å². The average molecular weight is 748 g/mol. The minimum Gasteiger partial charge on any atom is -0.355 e. The highest BCUT2D eigenvalue weighted by atomic mass is 14.9. The molecule has 1 aliphatic carbocycles. The van der Waals surface area contributed by atoms with Gasteiger partial charge in [0.15, 0.2) is 11.7 Å². The molecule has 58 heavy (non-hydrogen) atoms. The number of hydrogen-bond acceptors (Lipinski definition) is 3. The molecule has 0 heterocycles. The van der Waals surface area contributed by atoms with Crippen LogP contribution in [0.3, 0.4) is 0 Å². The van der Waals surface area contributed by atoms with Crippen LogP contribution < -0.4 is 5.32 Å². The smallest absolute Gasteiger partial charge is 0.161 e. The second-order valence-electron chi connectivity index (χ2n) is 15.2. The fourth-order valence-electron chi connectivity index (χ4n) is 7.91. The van der Waals surface area contributed by atoms with E-state index in [-0.39, 0.29) is 11.3 Å². The molecule has 9 rings (SSSR count). The van der Waals surface area contributed by atoms with Crippen molar-refractivity contribution in [3.05, 3.63) is 227 Å². The van der Waals surface area contributed by atoms with E-state index < -0.39 is 0 Å². The Bertz CT molecular complexity index is 2910. The zero-order chi connectivity index (χ0) is 39.6. The van der Waals surface area contributed by atoms with E-state index in [4.69, 9.17) is 10.4 Å². The fraction of sp³-hybridized carbons (Fsp3) is 0.0566. The molecule has 0 spiro atoms. The molecule has 0 saturated heterocycles. The second-order valence-corrected chi connectivity index (χ2v) is 15.2. The van der Waals surface area contributed by atoms with Gasteiger partial charge < -0.3 is 5.32 Å². The molecule has 0 aliphatic heterocycles. The first-order valence-electron chi connectivity index (χ1n) is 19.5. The monoisotopic (exact) mass is 747 g/mol. The van der Waals surface area contributed by atoms with Gasteiger partial charge in [0.05, 0.1) is 5.71 Å². The fourth-order valence-corrected chi connectivity index (χ4v) is 7.91. The van der Waals surface area contributed by atoms with Crippen LogP contribution in [0.5, 0.6) is 0 Å². The molecule has 3 N–H and O–H groups in total. The third-order valence-corrected chi connectivity index (χ3v) is 11.0. The Hall–Kier alpha value is -7.50. The lowest BCUT2D eigenvalue weighted by molar-refractivity contribution is 0.660. The molecule has 0 aromatic heterocycles. The van der Waals surface area contributed by atoms with Crippen LogP contribution in [0.15, 0.2) is 198 Å². The molecule has 0 atom stereocenters. The molecular weight excluding hydrogens is 707 g/mol. The lowest BCUT2D eigenvalue weighted by Crippen LogP contribution is -2.15. The first-order chi connectivity index (χ1) is 28.3. The number of anilines is 2. The molecule has 0 amide bonds. The van der Waals surface area contributed by atoms with Gasteiger partial charge >= 0.3 is 0 Å². The minimum atomic E-state index is -0.260. The molecule has 5 nitrogen and oxygen atoms in total. The Balaban J connectivity index is 1.01. The average Bonchev–Trinajstić information content (AvgIpc) is 3.50. The van der Waals surface area contributed by atoms with Gasteiger partial charge in [-0.05, 0) is 92.2 Å². The minimum absolute atomic E-state index is 0.166. The number of nitrogens with zero attached hydrogens (tertiary/aromatic N) is 2. The summed E-state index contributed by atoms with van der Waals surface area (Å²) < 4.78 is 0. The molecule has 0 unspecified atom stereocenters. The Labute approximate surface area is 339 Å². The van der Waals surface area contributed by atoms with Crippen molar-refractivity contribution >= 4 is 45.7 Å². The van der Waals surface area contributed by atoms with Gasteiger partial charge in [-0.15, -0.1) is 0 Å². The molecule has 0 radical (unpaired) electrons. The van der Waals surface area contributed by atoms with Crippen LogP contribution in [0, 0.1) is 10.8 Å². The van der Waals surface area contributed by atoms with Crippen LogP contribution >= 0.6 is 0 Å². The van der Waals surface area contributed by atoms with E-state index in [1.807, 2.05) is 115 Å². The van der Waals surface area contributed by atoms with E-state index in [1.165, 1.54) is 22.3 Å². The number of benzene rings is 8. The number of nitrogens with one attached hydrogen (secondary N) is 3. The molecule has 1 aliphatic rings. The Kier molecular flexibility index (Phi) is 9.48. The number of para-hydroxylation sites is 1. The molecular formula is C53H41N5. The van der Waals surface area contributed by atoms with Crippen LogP contribution in [-0.4, -0.2) is 23.6 Å². The number of amidine groups is 2. The van der Waals surface area contributed by atoms with E-state index in [2.05, 4.69) is 103 Å². The van der Waals surface area contributed by atoms with Crippen molar-refractivity contribution < 1.29 is 0 Å². The zero-order valence-corrected chi connectivity index (χ0v) is 32.4. The first-order valence-corrected chi connectivity index (χ1v) is 19.5. The van der Waals surface area contributed by atoms with Crippen molar-refractivity contribution in [3.8, 4) is 22.3 Å². The standard InChI is InChI=1S/C53H41N5/c1-53(2)47-29-35(34-56-52(37-17-8-4-9-18-37)58-51(55)36-15-6-3-7-16-36)25-27-44(47)45-28-26-41(32-48(45)53)38-21-14-22-42(30-38)50(54)46-31-39-19-12-13-20-40(39)33-49(46)57-43-23-10-5-11-24-43/h3-34,54-55,57H,1-2H3. The lowest BCUT2D eigenvalue weighted by Gasteiger charge is -2.22. The molecule has 0 fully saturated rings. The quantitative estimate of drug-likeness (QED) is 0.105. The highest BCUT2D eigenvalue weighted by Gasteiger charge is 2.35. The largest absolute Gasteiger partial charge is 0.355 e. The summed E-state index contributed by atoms with van der Waals surface area (Å²) in [6, 6.07) is 63.7. The van der Waals surface area contributed by atoms with Gasteiger partial charge in [-0.2, -0.15) is 0 Å². The summed E-state index contributed by atoms with van der Waals surface area (Å²) in [6.07, 6.45) is 1.85. The molecule has 0 bridgehead atoms. The second kappa shape index (κ2) is 15.2. The molecule has 8 aromatic rings. The van der Waals surface area contributed by atoms with Crippen molar-refractivity contribution in [2.24, 2.45) is 9.98 Å². The zero-order valence-electron chi connectivity index (χ0n) is 32.4. The van der Waals surface area contributed by atoms with Crippen LogP contribution in [0.4, 0.5) is 11.4 Å². The van der Waals surface area contributed by atoms with Crippen LogP contribution in [0.25, 0.3) is 33.0 Å². The van der Waals surface area contributed by atoms with E-state index in [1.54, 1.807) is 0 Å². The van der Waals surface area contributed by atoms with Crippen molar-refractivity contribution in [1.82, 2.24) is 0 Å². The number of fused-ring (bicyclic) bond motifs is 4. The molecule has 0 saturated carbocycles. The van der Waals surface area contributed by atoms with Gasteiger partial charge in [-0.25, -0.2) is 9.98 Å². The van der Waals surface area contributed by atoms with Crippen molar-refractivity contribution in [2.45, 2.75) is 19.3 Å². The van der Waals surface area contributed by atoms with Crippen LogP contribution in [0.2, 0.25) is 0 Å². The Morgan fingerprint density at radius 3 is 1.84 bits per heavy atom. The summed E-state index contributed by atoms with van der Waals surface area (Å²) in [5, 5.41) is 24.0. The Morgan fingerprint density at radius 1 is 0.534 bits per heavy atom. The summed E-state index contributed by atoms with van der Waals surface area (Å²) in [4.78, 5) is 9.51. The molecule has 8 aromatic carbocycles. The maximum atomic E-state index is 9.52. The van der Waals surface area contributed by atoms with Crippen molar-refractivity contribution in [3.63, 3.8) is 0 Å². The van der Waals surface area contributed by atoms with Crippen LogP contribution in [-0.2, 0) is 5.41 Å². The maximum Gasteiger partial charge on any atom is 0.161 e. The number of hydrogen-bond donors (Lipinski definition) is 3. The van der Waals surface area contributed by atoms with E-state index in [9.17, 15) is 5.41 Å². The summed E-state index contributed by atoms with van der Waals surface area (Å²) >= 11 is 0. The van der Waals surface area contributed by atoms with Crippen molar-refractivity contribution in [2.75, 3.05) is 5.32 Å². The highest BCUT2D eigenvalue weighted by molar-refractivity contribution is 6.17. The highest BCUT2D eigenvalue weighted by Crippen LogP contribution is 2.50. The SMILES string of the molecule is CC1(C)c2cc(C=NC(=NC(=N)c3ccccc3)c3ccccc3)ccc2-c2ccc(-c3cccc(C(=N)c4cc5ccccc5cc4Nc4ccccc4)c3)cc21. The van der Waals surface area contributed by atoms with Gasteiger partial charge in [0.25, 0.3) is 0 Å². The van der Waals surface area contributed by atoms with Gasteiger partial charge in [0, 0.05) is 45.3 Å². The predicted octanol–water partition coefficient (Wildman–Crippen LogP) is 12.9. The topological polar surface area (TPSA) is 84.5 Å². The summed E-state index contributed by atoms with van der Waals surface area (Å²) in [5.74, 6) is 0.653. The van der Waals surface area contributed by atoms with Crippen molar-refractivity contribution in [1.29, 1.82) is 10.8 Å². The van der Waals surface area contributed by atoms with Gasteiger partial charge in [-0.1, -0.05) is 159 Å². The first kappa shape index (κ1) is 36.2. The molecule has 5 heteroatoms. The van der Waals surface area contributed by atoms with E-state index in [0.29, 0.717) is 11.5 Å². The summed E-state index contributed by atoms with van der Waals surface area (Å²) in [5.41, 5.74) is 13.5. The van der Waals surface area contributed by atoms with Crippen LogP contribution in [0.1, 0.15) is 52.8 Å². The van der Waals surface area contributed by atoms with E-state index >= 15 is 0 Å². The van der Waals surface area contributed by atoms with Gasteiger partial charge in [-0.3, -0.25) is 10.8 Å². The Morgan fingerprint density at radius 2 is 1.12 bits per heavy atom. The lowest BCUT2D eigenvalue weighted by atomic mass is 9.81.